The molecule has 0 bridgehead atoms. The van der Waals surface area contributed by atoms with E-state index in [0.717, 1.165) is 17.1 Å². The van der Waals surface area contributed by atoms with Crippen molar-refractivity contribution in [3.05, 3.63) is 68.7 Å². The molecule has 2 aromatic rings. The smallest absolute Gasteiger partial charge is 0.294 e. The average molecular weight is 486 g/mol. The average Bonchev–Trinajstić information content (AvgIpc) is 3.10. The predicted octanol–water partition coefficient (Wildman–Crippen LogP) is 6.93. The molecule has 2 heterocycles. The van der Waals surface area contributed by atoms with E-state index < -0.39 is 18.1 Å². The highest BCUT2D eigenvalue weighted by atomic mass is 35.5. The molecule has 8 heteroatoms. The Hall–Kier alpha value is -1.50. The maximum Gasteiger partial charge on any atom is 0.400 e. The van der Waals surface area contributed by atoms with Gasteiger partial charge in [-0.05, 0) is 65.3 Å². The van der Waals surface area contributed by atoms with Gasteiger partial charge in [-0.3, -0.25) is 9.79 Å². The zero-order valence-electron chi connectivity index (χ0n) is 16.7. The minimum Gasteiger partial charge on any atom is -0.294 e. The molecule has 1 unspecified atom stereocenters. The van der Waals surface area contributed by atoms with Gasteiger partial charge in [0.1, 0.15) is 5.41 Å². The van der Waals surface area contributed by atoms with Crippen LogP contribution in [0.4, 0.5) is 13.2 Å². The first kappa shape index (κ1) is 22.7. The van der Waals surface area contributed by atoms with Crippen molar-refractivity contribution in [3.63, 3.8) is 0 Å². The fourth-order valence-corrected chi connectivity index (χ4v) is 5.46. The van der Waals surface area contributed by atoms with E-state index in [2.05, 4.69) is 4.99 Å². The van der Waals surface area contributed by atoms with Crippen molar-refractivity contribution in [1.82, 2.24) is 0 Å². The number of alkyl halides is 3. The van der Waals surface area contributed by atoms with Crippen LogP contribution in [0.5, 0.6) is 0 Å². The normalized spacial score (nSPS) is 21.7. The Morgan fingerprint density at radius 1 is 1.16 bits per heavy atom. The van der Waals surface area contributed by atoms with Gasteiger partial charge in [-0.25, -0.2) is 0 Å². The second kappa shape index (κ2) is 8.45. The zero-order chi connectivity index (χ0) is 22.4. The van der Waals surface area contributed by atoms with E-state index in [9.17, 15) is 18.0 Å². The number of halogens is 5. The standard InChI is InChI=1S/C23H20Cl2F3NOS/c1-13-4-15(2-3-19(13)21(30)5-14-10-31-11-14)20-9-22(12-29-20,23(26,27)28)16-6-17(24)8-18(25)7-16/h2-4,6-8,14H,5,9-12H2,1H3. The van der Waals surface area contributed by atoms with Crippen LogP contribution in [0, 0.1) is 12.8 Å². The van der Waals surface area contributed by atoms with Crippen LogP contribution < -0.4 is 0 Å². The second-order valence-electron chi connectivity index (χ2n) is 8.24. The van der Waals surface area contributed by atoms with Gasteiger partial charge in [-0.1, -0.05) is 35.3 Å². The summed E-state index contributed by atoms with van der Waals surface area (Å²) in [5, 5.41) is 0.311. The van der Waals surface area contributed by atoms with Crippen molar-refractivity contribution >= 4 is 46.5 Å². The fraction of sp³-hybridized carbons (Fsp3) is 0.391. The van der Waals surface area contributed by atoms with E-state index in [1.807, 2.05) is 18.7 Å². The number of rotatable bonds is 5. The van der Waals surface area contributed by atoms with Crippen molar-refractivity contribution in [3.8, 4) is 0 Å². The number of carbonyl (C=O) groups excluding carboxylic acids is 1. The molecule has 2 aromatic carbocycles. The van der Waals surface area contributed by atoms with Crippen LogP contribution in [0.25, 0.3) is 0 Å². The molecule has 0 spiro atoms. The molecule has 2 aliphatic rings. The Balaban J connectivity index is 1.61. The summed E-state index contributed by atoms with van der Waals surface area (Å²) in [6.45, 7) is 1.39. The van der Waals surface area contributed by atoms with Gasteiger partial charge in [0.05, 0.1) is 6.54 Å². The molecule has 0 saturated carbocycles. The lowest BCUT2D eigenvalue weighted by Gasteiger charge is -2.31. The van der Waals surface area contributed by atoms with Gasteiger partial charge in [-0.15, -0.1) is 0 Å². The van der Waals surface area contributed by atoms with Crippen molar-refractivity contribution < 1.29 is 18.0 Å². The van der Waals surface area contributed by atoms with E-state index in [4.69, 9.17) is 23.2 Å². The molecule has 4 rings (SSSR count). The summed E-state index contributed by atoms with van der Waals surface area (Å²) in [4.78, 5) is 16.8. The maximum atomic E-state index is 14.3. The summed E-state index contributed by atoms with van der Waals surface area (Å²) in [6, 6.07) is 9.21. The van der Waals surface area contributed by atoms with E-state index in [1.165, 1.54) is 18.2 Å². The molecule has 0 N–H and O–H groups in total. The number of Topliss-reactive ketones (excluding diaryl/α,β-unsaturated/α-hetero) is 1. The number of thioether (sulfide) groups is 1. The fourth-order valence-electron chi connectivity index (χ4n) is 4.13. The van der Waals surface area contributed by atoms with Crippen LogP contribution in [-0.4, -0.2) is 35.7 Å². The zero-order valence-corrected chi connectivity index (χ0v) is 19.1. The van der Waals surface area contributed by atoms with Gasteiger partial charge >= 0.3 is 6.18 Å². The van der Waals surface area contributed by atoms with E-state index in [-0.39, 0.29) is 27.8 Å². The minimum absolute atomic E-state index is 0.0122. The molecule has 0 radical (unpaired) electrons. The highest BCUT2D eigenvalue weighted by molar-refractivity contribution is 8.00. The molecule has 2 nitrogen and oxygen atoms in total. The molecule has 1 fully saturated rings. The van der Waals surface area contributed by atoms with Crippen LogP contribution >= 0.6 is 35.0 Å². The van der Waals surface area contributed by atoms with Gasteiger partial charge in [0, 0.05) is 34.2 Å². The Morgan fingerprint density at radius 3 is 2.39 bits per heavy atom. The van der Waals surface area contributed by atoms with Gasteiger partial charge in [-0.2, -0.15) is 24.9 Å². The SMILES string of the molecule is Cc1cc(C2=NCC(c3cc(Cl)cc(Cl)c3)(C(F)(F)F)C2)ccc1C(=O)CC1CSC1. The highest BCUT2D eigenvalue weighted by Crippen LogP contribution is 2.48. The van der Waals surface area contributed by atoms with Crippen LogP contribution in [0.15, 0.2) is 41.4 Å². The molecule has 1 atom stereocenters. The molecule has 0 aliphatic carbocycles. The third-order valence-electron chi connectivity index (χ3n) is 6.01. The Morgan fingerprint density at radius 2 is 1.84 bits per heavy atom. The topological polar surface area (TPSA) is 29.4 Å². The number of hydrogen-bond acceptors (Lipinski definition) is 3. The molecule has 1 saturated heterocycles. The first-order chi connectivity index (χ1) is 14.6. The van der Waals surface area contributed by atoms with E-state index >= 15 is 0 Å². The Bertz CT molecular complexity index is 1050. The minimum atomic E-state index is -4.53. The number of aryl methyl sites for hydroxylation is 1. The molecule has 2 aliphatic heterocycles. The number of benzene rings is 2. The first-order valence-corrected chi connectivity index (χ1v) is 11.8. The molecular weight excluding hydrogens is 466 g/mol. The van der Waals surface area contributed by atoms with Crippen molar-refractivity contribution in [2.45, 2.75) is 31.4 Å². The predicted molar refractivity (Wildman–Crippen MR) is 121 cm³/mol. The number of carbonyl (C=O) groups is 1. The monoisotopic (exact) mass is 485 g/mol. The molecule has 0 amide bonds. The summed E-state index contributed by atoms with van der Waals surface area (Å²) in [5.41, 5.74) is 0.188. The largest absolute Gasteiger partial charge is 0.400 e. The lowest BCUT2D eigenvalue weighted by molar-refractivity contribution is -0.183. The Kier molecular flexibility index (Phi) is 6.18. The summed E-state index contributed by atoms with van der Waals surface area (Å²) in [5.74, 6) is 2.52. The lowest BCUT2D eigenvalue weighted by atomic mass is 9.76. The van der Waals surface area contributed by atoms with Crippen molar-refractivity contribution in [1.29, 1.82) is 0 Å². The molecule has 31 heavy (non-hydrogen) atoms. The first-order valence-electron chi connectivity index (χ1n) is 9.88. The maximum absolute atomic E-state index is 14.3. The molecule has 0 aromatic heterocycles. The summed E-state index contributed by atoms with van der Waals surface area (Å²) >= 11 is 13.8. The van der Waals surface area contributed by atoms with Gasteiger partial charge in [0.15, 0.2) is 5.78 Å². The number of nitrogens with zero attached hydrogens (tertiary/aromatic N) is 1. The van der Waals surface area contributed by atoms with Crippen LogP contribution in [0.1, 0.15) is 39.9 Å². The van der Waals surface area contributed by atoms with Gasteiger partial charge < -0.3 is 0 Å². The van der Waals surface area contributed by atoms with Crippen molar-refractivity contribution in [2.24, 2.45) is 10.9 Å². The summed E-state index contributed by atoms with van der Waals surface area (Å²) in [7, 11) is 0. The number of aliphatic imine (C=N–C) groups is 1. The van der Waals surface area contributed by atoms with Gasteiger partial charge in [0.2, 0.25) is 0 Å². The van der Waals surface area contributed by atoms with Crippen LogP contribution in [0.2, 0.25) is 10.0 Å². The molecular formula is C23H20Cl2F3NOS. The summed E-state index contributed by atoms with van der Waals surface area (Å²) < 4.78 is 42.8. The van der Waals surface area contributed by atoms with Crippen LogP contribution in [0.3, 0.4) is 0 Å². The third kappa shape index (κ3) is 4.39. The molecule has 164 valence electrons. The highest BCUT2D eigenvalue weighted by Gasteiger charge is 2.58. The Labute approximate surface area is 193 Å². The number of ketones is 1. The van der Waals surface area contributed by atoms with E-state index in [0.29, 0.717) is 29.2 Å². The van der Waals surface area contributed by atoms with Gasteiger partial charge in [0.25, 0.3) is 0 Å². The lowest BCUT2D eigenvalue weighted by Crippen LogP contribution is -2.43. The summed E-state index contributed by atoms with van der Waals surface area (Å²) in [6.07, 6.45) is -4.32. The van der Waals surface area contributed by atoms with Crippen LogP contribution in [-0.2, 0) is 5.41 Å². The number of hydrogen-bond donors (Lipinski definition) is 0. The second-order valence-corrected chi connectivity index (χ2v) is 10.2. The third-order valence-corrected chi connectivity index (χ3v) is 7.86. The van der Waals surface area contributed by atoms with E-state index in [1.54, 1.807) is 18.2 Å². The van der Waals surface area contributed by atoms with Crippen molar-refractivity contribution in [2.75, 3.05) is 18.1 Å². The quantitative estimate of drug-likeness (QED) is 0.429.